The van der Waals surface area contributed by atoms with Crippen molar-refractivity contribution >= 4 is 62.0 Å². The summed E-state index contributed by atoms with van der Waals surface area (Å²) in [5, 5.41) is 8.67. The zero-order valence-electron chi connectivity index (χ0n) is 17.1. The number of amides is 1. The average molecular weight is 512 g/mol. The Morgan fingerprint density at radius 3 is 2.75 bits per heavy atom. The Hall–Kier alpha value is -1.68. The Labute approximate surface area is 202 Å². The summed E-state index contributed by atoms with van der Waals surface area (Å²) in [7, 11) is -3.63. The van der Waals surface area contributed by atoms with E-state index in [1.807, 2.05) is 18.2 Å². The molecule has 0 unspecified atom stereocenters. The van der Waals surface area contributed by atoms with Crippen LogP contribution in [0.2, 0.25) is 5.02 Å². The van der Waals surface area contributed by atoms with Gasteiger partial charge in [0.25, 0.3) is 5.91 Å². The molecule has 1 saturated heterocycles. The zero-order valence-corrected chi connectivity index (χ0v) is 20.3. The number of thiophene rings is 1. The lowest BCUT2D eigenvalue weighted by Gasteiger charge is -2.17. The maximum atomic E-state index is 13.2. The second kappa shape index (κ2) is 9.29. The molecule has 3 heterocycles. The Bertz CT molecular complexity index is 1250. The van der Waals surface area contributed by atoms with E-state index in [-0.39, 0.29) is 35.8 Å². The van der Waals surface area contributed by atoms with Crippen molar-refractivity contribution < 1.29 is 13.2 Å². The highest BCUT2D eigenvalue weighted by Crippen LogP contribution is 2.28. The number of carbonyl (C=O) groups is 1. The Balaban J connectivity index is 0.00000245. The Morgan fingerprint density at radius 1 is 1.16 bits per heavy atom. The fourth-order valence-corrected chi connectivity index (χ4v) is 6.99. The lowest BCUT2D eigenvalue weighted by Crippen LogP contribution is -2.38. The van der Waals surface area contributed by atoms with Gasteiger partial charge in [0.2, 0.25) is 10.0 Å². The van der Waals surface area contributed by atoms with Gasteiger partial charge in [-0.05, 0) is 59.5 Å². The largest absolute Gasteiger partial charge is 0.347 e. The van der Waals surface area contributed by atoms with Crippen LogP contribution >= 0.6 is 35.3 Å². The lowest BCUT2D eigenvalue weighted by molar-refractivity contribution is 0.0943. The van der Waals surface area contributed by atoms with Crippen molar-refractivity contribution in [1.29, 1.82) is 0 Å². The van der Waals surface area contributed by atoms with Crippen LogP contribution in [0.15, 0.2) is 47.4 Å². The number of nitrogens with zero attached hydrogens (tertiary/aromatic N) is 1. The van der Waals surface area contributed by atoms with Gasteiger partial charge in [0, 0.05) is 42.1 Å². The molecule has 1 aromatic heterocycles. The summed E-state index contributed by atoms with van der Waals surface area (Å²) in [5.74, 6) is -0.119. The van der Waals surface area contributed by atoms with Crippen LogP contribution < -0.4 is 10.6 Å². The minimum atomic E-state index is -3.63. The number of benzene rings is 2. The number of carbonyl (C=O) groups excluding carboxylic acids is 1. The molecule has 0 saturated carbocycles. The third-order valence-corrected chi connectivity index (χ3v) is 9.19. The number of sulfonamides is 1. The molecule has 1 amide bonds. The summed E-state index contributed by atoms with van der Waals surface area (Å²) >= 11 is 7.56. The first-order valence-corrected chi connectivity index (χ1v) is 12.9. The molecule has 2 N–H and O–H groups in total. The van der Waals surface area contributed by atoms with Gasteiger partial charge in [-0.3, -0.25) is 4.79 Å². The predicted molar refractivity (Wildman–Crippen MR) is 131 cm³/mol. The SMILES string of the molecule is Cl.O=C(N[C@H]1CCN(S(=O)(=O)c2ccc3cc(Cl)ccc3c2)C1)c1cc2c(s1)CCNC2. The van der Waals surface area contributed by atoms with Gasteiger partial charge >= 0.3 is 0 Å². The molecule has 0 bridgehead atoms. The number of nitrogens with one attached hydrogen (secondary N) is 2. The van der Waals surface area contributed by atoms with E-state index in [0.29, 0.717) is 22.9 Å². The van der Waals surface area contributed by atoms with Crippen molar-refractivity contribution in [3.63, 3.8) is 0 Å². The van der Waals surface area contributed by atoms with E-state index in [1.165, 1.54) is 26.1 Å². The summed E-state index contributed by atoms with van der Waals surface area (Å²) < 4.78 is 27.8. The molecule has 10 heteroatoms. The summed E-state index contributed by atoms with van der Waals surface area (Å²) in [4.78, 5) is 14.9. The summed E-state index contributed by atoms with van der Waals surface area (Å²) in [6, 6.07) is 12.2. The first kappa shape index (κ1) is 23.5. The maximum absolute atomic E-state index is 13.2. The molecule has 0 aliphatic carbocycles. The predicted octanol–water partition coefficient (Wildman–Crippen LogP) is 3.82. The van der Waals surface area contributed by atoms with Crippen LogP contribution in [0.25, 0.3) is 10.8 Å². The van der Waals surface area contributed by atoms with Crippen LogP contribution in [-0.4, -0.2) is 44.3 Å². The minimum Gasteiger partial charge on any atom is -0.347 e. The molecule has 3 aromatic rings. The molecule has 0 spiro atoms. The van der Waals surface area contributed by atoms with Gasteiger partial charge in [-0.25, -0.2) is 8.42 Å². The third-order valence-electron chi connectivity index (χ3n) is 5.86. The van der Waals surface area contributed by atoms with Gasteiger partial charge < -0.3 is 10.6 Å². The Kier molecular flexibility index (Phi) is 6.81. The highest BCUT2D eigenvalue weighted by atomic mass is 35.5. The number of fused-ring (bicyclic) bond motifs is 2. The van der Waals surface area contributed by atoms with Gasteiger partial charge in [0.15, 0.2) is 0 Å². The molecule has 5 rings (SSSR count). The van der Waals surface area contributed by atoms with E-state index >= 15 is 0 Å². The molecule has 6 nitrogen and oxygen atoms in total. The van der Waals surface area contributed by atoms with Crippen molar-refractivity contribution in [3.05, 3.63) is 62.8 Å². The van der Waals surface area contributed by atoms with Gasteiger partial charge in [0.05, 0.1) is 9.77 Å². The highest BCUT2D eigenvalue weighted by Gasteiger charge is 2.33. The second-order valence-corrected chi connectivity index (χ2v) is 11.5. The molecule has 1 fully saturated rings. The normalized spacial score (nSPS) is 18.8. The average Bonchev–Trinajstić information content (AvgIpc) is 3.40. The monoisotopic (exact) mass is 511 g/mol. The second-order valence-electron chi connectivity index (χ2n) is 7.96. The van der Waals surface area contributed by atoms with Crippen molar-refractivity contribution in [2.45, 2.75) is 30.3 Å². The topological polar surface area (TPSA) is 78.5 Å². The van der Waals surface area contributed by atoms with Crippen LogP contribution in [0.1, 0.15) is 26.5 Å². The van der Waals surface area contributed by atoms with E-state index in [4.69, 9.17) is 11.6 Å². The fraction of sp³-hybridized carbons (Fsp3) is 0.318. The number of hydrogen-bond donors (Lipinski definition) is 2. The molecule has 2 aromatic carbocycles. The quantitative estimate of drug-likeness (QED) is 0.558. The number of rotatable bonds is 4. The highest BCUT2D eigenvalue weighted by molar-refractivity contribution is 7.89. The summed E-state index contributed by atoms with van der Waals surface area (Å²) in [6.07, 6.45) is 1.54. The fourth-order valence-electron chi connectivity index (χ4n) is 4.19. The number of hydrogen-bond acceptors (Lipinski definition) is 5. The first-order chi connectivity index (χ1) is 14.9. The van der Waals surface area contributed by atoms with Crippen LogP contribution in [0, 0.1) is 0 Å². The molecule has 0 radical (unpaired) electrons. The molecule has 2 aliphatic heterocycles. The van der Waals surface area contributed by atoms with Gasteiger partial charge in [-0.1, -0.05) is 23.7 Å². The lowest BCUT2D eigenvalue weighted by atomic mass is 10.1. The van der Waals surface area contributed by atoms with Crippen LogP contribution in [0.3, 0.4) is 0 Å². The van der Waals surface area contributed by atoms with Crippen LogP contribution in [0.5, 0.6) is 0 Å². The first-order valence-electron chi connectivity index (χ1n) is 10.2. The third kappa shape index (κ3) is 4.53. The van der Waals surface area contributed by atoms with E-state index < -0.39 is 10.0 Å². The van der Waals surface area contributed by atoms with E-state index in [9.17, 15) is 13.2 Å². The van der Waals surface area contributed by atoms with Crippen LogP contribution in [-0.2, 0) is 23.0 Å². The maximum Gasteiger partial charge on any atom is 0.261 e. The molecular formula is C22H23Cl2N3O3S2. The van der Waals surface area contributed by atoms with E-state index in [2.05, 4.69) is 10.6 Å². The summed E-state index contributed by atoms with van der Waals surface area (Å²) in [5.41, 5.74) is 1.19. The van der Waals surface area contributed by atoms with Gasteiger partial charge in [-0.15, -0.1) is 23.7 Å². The smallest absolute Gasteiger partial charge is 0.261 e. The molecule has 2 aliphatic rings. The number of halogens is 2. The van der Waals surface area contributed by atoms with Crippen molar-refractivity contribution in [1.82, 2.24) is 14.9 Å². The van der Waals surface area contributed by atoms with E-state index in [0.717, 1.165) is 30.3 Å². The summed E-state index contributed by atoms with van der Waals surface area (Å²) in [6.45, 7) is 2.40. The molecular weight excluding hydrogens is 489 g/mol. The van der Waals surface area contributed by atoms with Gasteiger partial charge in [-0.2, -0.15) is 4.31 Å². The van der Waals surface area contributed by atoms with Crippen molar-refractivity contribution in [2.24, 2.45) is 0 Å². The van der Waals surface area contributed by atoms with Crippen molar-refractivity contribution in [2.75, 3.05) is 19.6 Å². The zero-order chi connectivity index (χ0) is 21.6. The van der Waals surface area contributed by atoms with E-state index in [1.54, 1.807) is 24.3 Å². The molecule has 1 atom stereocenters. The molecule has 170 valence electrons. The minimum absolute atomic E-state index is 0. The van der Waals surface area contributed by atoms with Crippen molar-refractivity contribution in [3.8, 4) is 0 Å². The van der Waals surface area contributed by atoms with Crippen LogP contribution in [0.4, 0.5) is 0 Å². The van der Waals surface area contributed by atoms with Gasteiger partial charge in [0.1, 0.15) is 0 Å². The Morgan fingerprint density at radius 2 is 1.94 bits per heavy atom. The molecule has 32 heavy (non-hydrogen) atoms. The standard InChI is InChI=1S/C22H22ClN3O3S2.ClH/c23-17-3-1-15-10-19(4-2-14(15)9-17)31(28,29)26-8-6-18(13-26)25-22(27)21-11-16-12-24-7-5-20(16)30-21;/h1-4,9-11,18,24H,5-8,12-13H2,(H,25,27);1H/t18-;/m0./s1.